The van der Waals surface area contributed by atoms with Crippen LogP contribution in [0.15, 0.2) is 0 Å². The lowest BCUT2D eigenvalue weighted by molar-refractivity contribution is -0.134. The Morgan fingerprint density at radius 1 is 1.20 bits per heavy atom. The molecule has 0 saturated heterocycles. The molecule has 0 bridgehead atoms. The number of alkyl halides is 2. The van der Waals surface area contributed by atoms with Gasteiger partial charge in [0.05, 0.1) is 0 Å². The maximum atomic E-state index is 9.00. The number of hydrogen-bond acceptors (Lipinski definition) is 2. The van der Waals surface area contributed by atoms with Gasteiger partial charge in [-0.25, -0.2) is 0 Å². The smallest absolute Gasteiger partial charge is 0.300 e. The minimum atomic E-state index is -0.833. The molecular formula is C10H20Cl2O3. The Labute approximate surface area is 102 Å². The monoisotopic (exact) mass is 258 g/mol. The quantitative estimate of drug-likeness (QED) is 0.737. The molecule has 0 aromatic rings. The van der Waals surface area contributed by atoms with Gasteiger partial charge in [0.25, 0.3) is 5.97 Å². The number of aliphatic carboxylic acids is 1. The van der Waals surface area contributed by atoms with E-state index >= 15 is 0 Å². The Bertz CT molecular complexity index is 140. The van der Waals surface area contributed by atoms with Crippen molar-refractivity contribution in [2.45, 2.75) is 57.6 Å². The summed E-state index contributed by atoms with van der Waals surface area (Å²) in [5.41, 5.74) is -0.428. The number of carbonyl (C=O) groups is 1. The summed E-state index contributed by atoms with van der Waals surface area (Å²) in [5, 5.41) is 7.42. The molecule has 0 saturated carbocycles. The lowest BCUT2D eigenvalue weighted by Gasteiger charge is -2.14. The maximum absolute atomic E-state index is 9.00. The fourth-order valence-electron chi connectivity index (χ4n) is 0.750. The second kappa shape index (κ2) is 12.1. The van der Waals surface area contributed by atoms with Crippen LogP contribution in [0.25, 0.3) is 0 Å². The Kier molecular flexibility index (Phi) is 14.0. The van der Waals surface area contributed by atoms with Crippen LogP contribution in [-0.4, -0.2) is 22.2 Å². The summed E-state index contributed by atoms with van der Waals surface area (Å²) in [6, 6.07) is 0. The third kappa shape index (κ3) is 20.2. The van der Waals surface area contributed by atoms with E-state index in [0.717, 1.165) is 32.6 Å². The zero-order chi connectivity index (χ0) is 12.3. The van der Waals surface area contributed by atoms with Gasteiger partial charge >= 0.3 is 0 Å². The van der Waals surface area contributed by atoms with Gasteiger partial charge in [0.2, 0.25) is 0 Å². The Hall–Kier alpha value is 0.01000. The van der Waals surface area contributed by atoms with Gasteiger partial charge in [0.15, 0.2) is 0 Å². The van der Waals surface area contributed by atoms with Crippen LogP contribution in [0.4, 0.5) is 0 Å². The third-order valence-corrected chi connectivity index (χ3v) is 1.97. The first-order chi connectivity index (χ1) is 6.93. The van der Waals surface area contributed by atoms with Gasteiger partial charge in [0.1, 0.15) is 11.1 Å². The van der Waals surface area contributed by atoms with Crippen LogP contribution >= 0.6 is 23.2 Å². The largest absolute Gasteiger partial charge is 0.481 e. The predicted molar refractivity (Wildman–Crippen MR) is 63.5 cm³/mol. The topological polar surface area (TPSA) is 46.5 Å². The van der Waals surface area contributed by atoms with E-state index in [-0.39, 0.29) is 11.1 Å². The first-order valence-electron chi connectivity index (χ1n) is 5.07. The van der Waals surface area contributed by atoms with Crippen LogP contribution in [0.2, 0.25) is 0 Å². The van der Waals surface area contributed by atoms with Gasteiger partial charge in [-0.2, -0.15) is 0 Å². The first kappa shape index (κ1) is 17.4. The minimum absolute atomic E-state index is 0.214. The number of halogens is 2. The van der Waals surface area contributed by atoms with E-state index in [4.69, 9.17) is 37.8 Å². The van der Waals surface area contributed by atoms with E-state index in [9.17, 15) is 0 Å². The first-order valence-corrected chi connectivity index (χ1v) is 5.94. The van der Waals surface area contributed by atoms with E-state index in [2.05, 4.69) is 13.8 Å². The van der Waals surface area contributed by atoms with Gasteiger partial charge in [-0.15, -0.1) is 0 Å². The van der Waals surface area contributed by atoms with Crippen LogP contribution < -0.4 is 0 Å². The van der Waals surface area contributed by atoms with E-state index in [1.807, 2.05) is 0 Å². The fraction of sp³-hybridized carbons (Fsp3) is 0.900. The molecular weight excluding hydrogens is 239 g/mol. The van der Waals surface area contributed by atoms with E-state index in [1.165, 1.54) is 0 Å². The third-order valence-electron chi connectivity index (χ3n) is 1.33. The highest BCUT2D eigenvalue weighted by Crippen LogP contribution is 2.15. The van der Waals surface area contributed by atoms with E-state index < -0.39 is 5.97 Å². The molecule has 0 spiro atoms. The summed E-state index contributed by atoms with van der Waals surface area (Å²) in [6.45, 7) is 5.23. The zero-order valence-corrected chi connectivity index (χ0v) is 11.0. The molecule has 1 N–H and O–H groups in total. The average Bonchev–Trinajstić information content (AvgIpc) is 2.03. The molecule has 0 rings (SSSR count). The van der Waals surface area contributed by atoms with Gasteiger partial charge in [0, 0.05) is 6.92 Å². The second-order valence-electron chi connectivity index (χ2n) is 3.05. The van der Waals surface area contributed by atoms with Crippen molar-refractivity contribution >= 4 is 29.2 Å². The number of rotatable bonds is 6. The van der Waals surface area contributed by atoms with Crippen LogP contribution in [0.5, 0.6) is 0 Å². The van der Waals surface area contributed by atoms with Gasteiger partial charge < -0.3 is 9.84 Å². The van der Waals surface area contributed by atoms with Crippen molar-refractivity contribution in [3.8, 4) is 0 Å². The molecule has 0 heterocycles. The molecule has 0 aliphatic carbocycles. The van der Waals surface area contributed by atoms with Crippen molar-refractivity contribution in [2.24, 2.45) is 0 Å². The van der Waals surface area contributed by atoms with Crippen molar-refractivity contribution in [1.29, 1.82) is 0 Å². The highest BCUT2D eigenvalue weighted by Gasteiger charge is 2.09. The van der Waals surface area contributed by atoms with Gasteiger partial charge in [-0.1, -0.05) is 49.9 Å². The molecule has 2 atom stereocenters. The summed E-state index contributed by atoms with van der Waals surface area (Å²) in [7, 11) is 0. The number of hydrogen-bond donors (Lipinski definition) is 1. The van der Waals surface area contributed by atoms with Crippen LogP contribution in [0.3, 0.4) is 0 Å². The maximum Gasteiger partial charge on any atom is 0.300 e. The van der Waals surface area contributed by atoms with Crippen molar-refractivity contribution in [1.82, 2.24) is 0 Å². The second-order valence-corrected chi connectivity index (χ2v) is 4.03. The van der Waals surface area contributed by atoms with Crippen LogP contribution in [0.1, 0.15) is 46.5 Å². The van der Waals surface area contributed by atoms with Crippen molar-refractivity contribution in [2.75, 3.05) is 0 Å². The minimum Gasteiger partial charge on any atom is -0.481 e. The Balaban J connectivity index is 0. The molecule has 5 heteroatoms. The highest BCUT2D eigenvalue weighted by atomic mass is 35.5. The SMILES string of the molecule is CC(=O)O.CCCC(Cl)OC(Cl)CCC. The molecule has 2 unspecified atom stereocenters. The Morgan fingerprint density at radius 2 is 1.47 bits per heavy atom. The summed E-state index contributed by atoms with van der Waals surface area (Å²) in [5.74, 6) is -0.833. The summed E-state index contributed by atoms with van der Waals surface area (Å²) >= 11 is 11.6. The lowest BCUT2D eigenvalue weighted by atomic mass is 10.3. The number of carboxylic acid groups (broad SMARTS) is 1. The summed E-state index contributed by atoms with van der Waals surface area (Å²) in [4.78, 5) is 9.00. The normalized spacial score (nSPS) is 13.7. The zero-order valence-electron chi connectivity index (χ0n) is 9.50. The van der Waals surface area contributed by atoms with E-state index in [1.54, 1.807) is 0 Å². The summed E-state index contributed by atoms with van der Waals surface area (Å²) < 4.78 is 5.26. The summed E-state index contributed by atoms with van der Waals surface area (Å²) in [6.07, 6.45) is 3.80. The number of carboxylic acids is 1. The van der Waals surface area contributed by atoms with Gasteiger partial charge in [-0.3, -0.25) is 4.79 Å². The van der Waals surface area contributed by atoms with Gasteiger partial charge in [-0.05, 0) is 12.8 Å². The van der Waals surface area contributed by atoms with Crippen molar-refractivity contribution in [3.05, 3.63) is 0 Å². The fourth-order valence-corrected chi connectivity index (χ4v) is 1.49. The average molecular weight is 259 g/mol. The molecule has 92 valence electrons. The molecule has 3 nitrogen and oxygen atoms in total. The Morgan fingerprint density at radius 3 is 1.67 bits per heavy atom. The molecule has 15 heavy (non-hydrogen) atoms. The molecule has 0 aliphatic heterocycles. The van der Waals surface area contributed by atoms with Crippen LogP contribution in [0, 0.1) is 0 Å². The predicted octanol–water partition coefficient (Wildman–Crippen LogP) is 3.82. The van der Waals surface area contributed by atoms with Crippen molar-refractivity contribution in [3.63, 3.8) is 0 Å². The van der Waals surface area contributed by atoms with Crippen LogP contribution in [-0.2, 0) is 9.53 Å². The standard InChI is InChI=1S/C8H16Cl2O.C2H4O2/c1-3-5-7(9)11-8(10)6-4-2;1-2(3)4/h7-8H,3-6H2,1-2H3;1H3,(H,3,4). The molecule has 0 aromatic carbocycles. The number of ether oxygens (including phenoxy) is 1. The molecule has 0 aliphatic rings. The van der Waals surface area contributed by atoms with Crippen molar-refractivity contribution < 1.29 is 14.6 Å². The lowest BCUT2D eigenvalue weighted by Crippen LogP contribution is -2.12. The molecule has 0 aromatic heterocycles. The molecule has 0 radical (unpaired) electrons. The highest BCUT2D eigenvalue weighted by molar-refractivity contribution is 6.21. The van der Waals surface area contributed by atoms with E-state index in [0.29, 0.717) is 0 Å². The molecule has 0 fully saturated rings. The molecule has 0 amide bonds.